The number of hydrogen-bond donors (Lipinski definition) is 1. The minimum absolute atomic E-state index is 0.114. The van der Waals surface area contributed by atoms with Crippen molar-refractivity contribution in [3.05, 3.63) is 60.7 Å². The number of benzene rings is 2. The van der Waals surface area contributed by atoms with Crippen LogP contribution < -0.4 is 14.8 Å². The smallest absolute Gasteiger partial charge is 0.264 e. The molecule has 0 radical (unpaired) electrons. The van der Waals surface area contributed by atoms with Gasteiger partial charge in [-0.3, -0.25) is 10.1 Å². The van der Waals surface area contributed by atoms with Crippen molar-refractivity contribution in [2.24, 2.45) is 0 Å². The molecule has 1 heterocycles. The summed E-state index contributed by atoms with van der Waals surface area (Å²) in [5, 5.41) is 3.34. The van der Waals surface area contributed by atoms with E-state index < -0.39 is 0 Å². The Hall–Kier alpha value is -2.86. The van der Waals surface area contributed by atoms with Gasteiger partial charge in [-0.05, 0) is 37.1 Å². The number of rotatable bonds is 8. The third-order valence-electron chi connectivity index (χ3n) is 3.64. The largest absolute Gasteiger partial charge is 0.489 e. The van der Waals surface area contributed by atoms with Crippen LogP contribution in [0.25, 0.3) is 10.2 Å². The van der Waals surface area contributed by atoms with Gasteiger partial charge in [0.15, 0.2) is 23.2 Å². The summed E-state index contributed by atoms with van der Waals surface area (Å²) in [4.78, 5) is 16.6. The molecule has 1 N–H and O–H groups in total. The van der Waals surface area contributed by atoms with E-state index in [0.29, 0.717) is 23.2 Å². The van der Waals surface area contributed by atoms with Crippen molar-refractivity contribution in [1.82, 2.24) is 4.98 Å². The molecule has 3 rings (SSSR count). The lowest BCUT2D eigenvalue weighted by atomic mass is 10.2. The first-order valence-electron chi connectivity index (χ1n) is 8.29. The van der Waals surface area contributed by atoms with Gasteiger partial charge in [-0.1, -0.05) is 41.7 Å². The number of anilines is 1. The van der Waals surface area contributed by atoms with Crippen LogP contribution in [0.1, 0.15) is 12.0 Å². The lowest BCUT2D eigenvalue weighted by Gasteiger charge is -2.14. The summed E-state index contributed by atoms with van der Waals surface area (Å²) in [5.41, 5.74) is 1.82. The van der Waals surface area contributed by atoms with Crippen LogP contribution in [-0.2, 0) is 4.79 Å². The first-order chi connectivity index (χ1) is 12.7. The molecular weight excluding hydrogens is 348 g/mol. The van der Waals surface area contributed by atoms with Crippen LogP contribution in [0.2, 0.25) is 0 Å². The van der Waals surface area contributed by atoms with Gasteiger partial charge in [-0.2, -0.15) is 0 Å². The number of fused-ring (bicyclic) bond motifs is 1. The zero-order chi connectivity index (χ0) is 18.4. The molecular formula is C20H20N2O3S. The number of aromatic nitrogens is 1. The number of para-hydroxylation sites is 2. The highest BCUT2D eigenvalue weighted by Gasteiger charge is 2.12. The first kappa shape index (κ1) is 17.9. The molecule has 0 aliphatic rings. The van der Waals surface area contributed by atoms with Crippen molar-refractivity contribution in [2.45, 2.75) is 13.3 Å². The quantitative estimate of drug-likeness (QED) is 0.467. The van der Waals surface area contributed by atoms with Crippen molar-refractivity contribution in [2.75, 3.05) is 18.5 Å². The number of ether oxygens (including phenoxy) is 2. The van der Waals surface area contributed by atoms with Crippen molar-refractivity contribution >= 4 is 32.6 Å². The van der Waals surface area contributed by atoms with Crippen molar-refractivity contribution in [3.8, 4) is 11.5 Å². The van der Waals surface area contributed by atoms with E-state index >= 15 is 0 Å². The van der Waals surface area contributed by atoms with Crippen LogP contribution in [-0.4, -0.2) is 24.1 Å². The zero-order valence-electron chi connectivity index (χ0n) is 14.5. The summed E-state index contributed by atoms with van der Waals surface area (Å²) in [5.74, 6) is 0.943. The normalized spacial score (nSPS) is 10.5. The number of hydrogen-bond acceptors (Lipinski definition) is 5. The Morgan fingerprint density at radius 2 is 2.08 bits per heavy atom. The fourth-order valence-corrected chi connectivity index (χ4v) is 3.27. The van der Waals surface area contributed by atoms with Crippen LogP contribution >= 0.6 is 11.3 Å². The molecule has 0 atom stereocenters. The van der Waals surface area contributed by atoms with E-state index in [-0.39, 0.29) is 12.5 Å². The number of nitrogens with zero attached hydrogens (tertiary/aromatic N) is 1. The average molecular weight is 368 g/mol. The van der Waals surface area contributed by atoms with Crippen molar-refractivity contribution in [3.63, 3.8) is 0 Å². The SMILES string of the molecule is C=CCCOc1c(C)cccc1OCC(=O)Nc1nc2ccccc2s1. The van der Waals surface area contributed by atoms with Gasteiger partial charge in [0.05, 0.1) is 16.8 Å². The second kappa shape index (κ2) is 8.49. The first-order valence-corrected chi connectivity index (χ1v) is 9.10. The van der Waals surface area contributed by atoms with Crippen LogP contribution in [0.4, 0.5) is 5.13 Å². The molecule has 0 bridgehead atoms. The van der Waals surface area contributed by atoms with Gasteiger partial charge in [0.25, 0.3) is 5.91 Å². The lowest BCUT2D eigenvalue weighted by molar-refractivity contribution is -0.118. The minimum atomic E-state index is -0.261. The average Bonchev–Trinajstić information content (AvgIpc) is 3.04. The fraction of sp³-hybridized carbons (Fsp3) is 0.200. The molecule has 1 amide bonds. The Kier molecular flexibility index (Phi) is 5.86. The highest BCUT2D eigenvalue weighted by atomic mass is 32.1. The van der Waals surface area contributed by atoms with Crippen LogP contribution in [0.5, 0.6) is 11.5 Å². The highest BCUT2D eigenvalue weighted by molar-refractivity contribution is 7.22. The summed E-state index contributed by atoms with van der Waals surface area (Å²) in [7, 11) is 0. The molecule has 1 aromatic heterocycles. The molecule has 0 saturated heterocycles. The van der Waals surface area contributed by atoms with E-state index in [9.17, 15) is 4.79 Å². The van der Waals surface area contributed by atoms with Gasteiger partial charge in [0.1, 0.15) is 0 Å². The van der Waals surface area contributed by atoms with E-state index in [1.54, 1.807) is 12.1 Å². The molecule has 0 fully saturated rings. The molecule has 0 aliphatic carbocycles. The second-order valence-electron chi connectivity index (χ2n) is 5.65. The van der Waals surface area contributed by atoms with Crippen LogP contribution in [0.15, 0.2) is 55.1 Å². The van der Waals surface area contributed by atoms with E-state index in [0.717, 1.165) is 22.2 Å². The summed E-state index contributed by atoms with van der Waals surface area (Å²) in [6.07, 6.45) is 2.54. The summed E-state index contributed by atoms with van der Waals surface area (Å²) < 4.78 is 12.5. The molecule has 0 saturated carbocycles. The topological polar surface area (TPSA) is 60.5 Å². The minimum Gasteiger partial charge on any atom is -0.489 e. The standard InChI is InChI=1S/C20H20N2O3S/c1-3-4-12-24-19-14(2)8-7-10-16(19)25-13-18(23)22-20-21-15-9-5-6-11-17(15)26-20/h3,5-11H,1,4,12-13H2,2H3,(H,21,22,23). The Bertz CT molecular complexity index is 887. The molecule has 6 heteroatoms. The molecule has 0 unspecified atom stereocenters. The zero-order valence-corrected chi connectivity index (χ0v) is 15.3. The third-order valence-corrected chi connectivity index (χ3v) is 4.59. The molecule has 0 aliphatic heterocycles. The second-order valence-corrected chi connectivity index (χ2v) is 6.68. The predicted molar refractivity (Wildman–Crippen MR) is 105 cm³/mol. The maximum Gasteiger partial charge on any atom is 0.264 e. The van der Waals surface area contributed by atoms with E-state index in [2.05, 4.69) is 16.9 Å². The molecule has 26 heavy (non-hydrogen) atoms. The van der Waals surface area contributed by atoms with Gasteiger partial charge in [0.2, 0.25) is 0 Å². The summed E-state index contributed by atoms with van der Waals surface area (Å²) in [6.45, 7) is 6.03. The third kappa shape index (κ3) is 4.40. The molecule has 5 nitrogen and oxygen atoms in total. The number of amides is 1. The van der Waals surface area contributed by atoms with Crippen molar-refractivity contribution in [1.29, 1.82) is 0 Å². The maximum atomic E-state index is 12.2. The molecule has 3 aromatic rings. The Labute approximate surface area is 156 Å². The number of nitrogens with one attached hydrogen (secondary N) is 1. The summed E-state index contributed by atoms with van der Waals surface area (Å²) in [6, 6.07) is 13.4. The van der Waals surface area contributed by atoms with E-state index in [1.807, 2.05) is 43.3 Å². The van der Waals surface area contributed by atoms with Crippen LogP contribution in [0.3, 0.4) is 0 Å². The Morgan fingerprint density at radius 1 is 1.23 bits per heavy atom. The number of carbonyl (C=O) groups is 1. The summed E-state index contributed by atoms with van der Waals surface area (Å²) >= 11 is 1.43. The monoisotopic (exact) mass is 368 g/mol. The fourth-order valence-electron chi connectivity index (χ4n) is 2.39. The van der Waals surface area contributed by atoms with Crippen molar-refractivity contribution < 1.29 is 14.3 Å². The maximum absolute atomic E-state index is 12.2. The van der Waals surface area contributed by atoms with Gasteiger partial charge < -0.3 is 9.47 Å². The number of thiazole rings is 1. The van der Waals surface area contributed by atoms with Gasteiger partial charge in [0, 0.05) is 0 Å². The number of carbonyl (C=O) groups excluding carboxylic acids is 1. The Balaban J connectivity index is 1.62. The van der Waals surface area contributed by atoms with Gasteiger partial charge in [-0.25, -0.2) is 4.98 Å². The van der Waals surface area contributed by atoms with Crippen LogP contribution in [0, 0.1) is 6.92 Å². The van der Waals surface area contributed by atoms with E-state index in [1.165, 1.54) is 11.3 Å². The molecule has 0 spiro atoms. The number of aryl methyl sites for hydroxylation is 1. The van der Waals surface area contributed by atoms with E-state index in [4.69, 9.17) is 9.47 Å². The highest BCUT2D eigenvalue weighted by Crippen LogP contribution is 2.31. The molecule has 134 valence electrons. The predicted octanol–water partition coefficient (Wildman–Crippen LogP) is 4.58. The molecule has 2 aromatic carbocycles. The Morgan fingerprint density at radius 3 is 2.88 bits per heavy atom. The lowest BCUT2D eigenvalue weighted by Crippen LogP contribution is -2.20. The van der Waals surface area contributed by atoms with Gasteiger partial charge >= 0.3 is 0 Å². The van der Waals surface area contributed by atoms with Gasteiger partial charge in [-0.15, -0.1) is 6.58 Å².